The van der Waals surface area contributed by atoms with Crippen LogP contribution in [0.4, 0.5) is 0 Å². The van der Waals surface area contributed by atoms with Gasteiger partial charge in [0.05, 0.1) is 11.6 Å². The highest BCUT2D eigenvalue weighted by molar-refractivity contribution is 9.11. The molecule has 0 heterocycles. The molecule has 1 atom stereocenters. The summed E-state index contributed by atoms with van der Waals surface area (Å²) in [5.41, 5.74) is 3.33. The largest absolute Gasteiger partial charge is 0.335 e. The molecule has 2 nitrogen and oxygen atoms in total. The SMILES string of the molecule is CN(C(=O)c1cc(Br)ccc1Br)C1CCc2ccccc21. The lowest BCUT2D eigenvalue weighted by molar-refractivity contribution is 0.0729. The quantitative estimate of drug-likeness (QED) is 0.686. The highest BCUT2D eigenvalue weighted by atomic mass is 79.9. The van der Waals surface area contributed by atoms with Gasteiger partial charge in [-0.05, 0) is 58.1 Å². The van der Waals surface area contributed by atoms with E-state index in [-0.39, 0.29) is 11.9 Å². The first-order valence-corrected chi connectivity index (χ1v) is 8.46. The number of aryl methyl sites for hydroxylation is 1. The van der Waals surface area contributed by atoms with Gasteiger partial charge in [0.15, 0.2) is 0 Å². The van der Waals surface area contributed by atoms with Crippen molar-refractivity contribution in [2.45, 2.75) is 18.9 Å². The zero-order chi connectivity index (χ0) is 15.0. The van der Waals surface area contributed by atoms with E-state index in [4.69, 9.17) is 0 Å². The molecule has 2 aromatic rings. The van der Waals surface area contributed by atoms with Crippen LogP contribution in [0.3, 0.4) is 0 Å². The number of fused-ring (bicyclic) bond motifs is 1. The summed E-state index contributed by atoms with van der Waals surface area (Å²) in [6.45, 7) is 0. The minimum atomic E-state index is 0.0462. The fraction of sp³-hybridized carbons (Fsp3) is 0.235. The predicted octanol–water partition coefficient (Wildman–Crippen LogP) is 4.97. The van der Waals surface area contributed by atoms with Crippen LogP contribution in [0.25, 0.3) is 0 Å². The highest BCUT2D eigenvalue weighted by Crippen LogP contribution is 2.36. The van der Waals surface area contributed by atoms with Crippen LogP contribution in [0.15, 0.2) is 51.4 Å². The van der Waals surface area contributed by atoms with Gasteiger partial charge in [-0.1, -0.05) is 40.2 Å². The predicted molar refractivity (Wildman–Crippen MR) is 91.4 cm³/mol. The molecule has 0 fully saturated rings. The maximum atomic E-state index is 12.8. The van der Waals surface area contributed by atoms with E-state index in [1.54, 1.807) is 0 Å². The number of nitrogens with zero attached hydrogens (tertiary/aromatic N) is 1. The highest BCUT2D eigenvalue weighted by Gasteiger charge is 2.29. The number of carbonyl (C=O) groups excluding carboxylic acids is 1. The van der Waals surface area contributed by atoms with E-state index in [2.05, 4.69) is 50.1 Å². The molecule has 1 amide bonds. The van der Waals surface area contributed by atoms with E-state index in [1.807, 2.05) is 36.2 Å². The van der Waals surface area contributed by atoms with Crippen molar-refractivity contribution in [2.24, 2.45) is 0 Å². The van der Waals surface area contributed by atoms with E-state index in [0.717, 1.165) is 21.8 Å². The molecule has 21 heavy (non-hydrogen) atoms. The fourth-order valence-electron chi connectivity index (χ4n) is 2.93. The lowest BCUT2D eigenvalue weighted by atomic mass is 10.1. The van der Waals surface area contributed by atoms with E-state index < -0.39 is 0 Å². The third-order valence-electron chi connectivity index (χ3n) is 4.05. The number of benzene rings is 2. The first-order chi connectivity index (χ1) is 10.1. The Morgan fingerprint density at radius 2 is 1.95 bits per heavy atom. The number of amides is 1. The summed E-state index contributed by atoms with van der Waals surface area (Å²) in [6.07, 6.45) is 2.03. The van der Waals surface area contributed by atoms with E-state index in [1.165, 1.54) is 11.1 Å². The van der Waals surface area contributed by atoms with Crippen molar-refractivity contribution in [1.82, 2.24) is 4.90 Å². The second-order valence-electron chi connectivity index (χ2n) is 5.29. The van der Waals surface area contributed by atoms with Crippen molar-refractivity contribution >= 4 is 37.8 Å². The van der Waals surface area contributed by atoms with Crippen molar-refractivity contribution in [3.63, 3.8) is 0 Å². The molecule has 0 saturated carbocycles. The van der Waals surface area contributed by atoms with Crippen molar-refractivity contribution in [3.05, 3.63) is 68.1 Å². The van der Waals surface area contributed by atoms with E-state index >= 15 is 0 Å². The molecule has 0 aromatic heterocycles. The van der Waals surface area contributed by atoms with Gasteiger partial charge in [0.2, 0.25) is 0 Å². The summed E-state index contributed by atoms with van der Waals surface area (Å²) in [5.74, 6) is 0.0462. The fourth-order valence-corrected chi connectivity index (χ4v) is 3.71. The third-order valence-corrected chi connectivity index (χ3v) is 5.23. The topological polar surface area (TPSA) is 20.3 Å². The first kappa shape index (κ1) is 14.8. The van der Waals surface area contributed by atoms with Gasteiger partial charge in [-0.3, -0.25) is 4.79 Å². The third kappa shape index (κ3) is 2.79. The average Bonchev–Trinajstić information content (AvgIpc) is 2.92. The Morgan fingerprint density at radius 1 is 1.19 bits per heavy atom. The van der Waals surface area contributed by atoms with E-state index in [9.17, 15) is 4.79 Å². The summed E-state index contributed by atoms with van der Waals surface area (Å²) < 4.78 is 1.74. The average molecular weight is 409 g/mol. The van der Waals surface area contributed by atoms with Crippen molar-refractivity contribution in [2.75, 3.05) is 7.05 Å². The Hall–Kier alpha value is -1.13. The van der Waals surface area contributed by atoms with Gasteiger partial charge in [-0.15, -0.1) is 0 Å². The molecule has 2 aromatic carbocycles. The first-order valence-electron chi connectivity index (χ1n) is 6.88. The van der Waals surface area contributed by atoms with Gasteiger partial charge in [-0.25, -0.2) is 0 Å². The molecular weight excluding hydrogens is 394 g/mol. The minimum absolute atomic E-state index is 0.0462. The summed E-state index contributed by atoms with van der Waals surface area (Å²) in [7, 11) is 1.89. The molecule has 1 unspecified atom stereocenters. The molecule has 108 valence electrons. The number of hydrogen-bond donors (Lipinski definition) is 0. The number of rotatable bonds is 2. The number of hydrogen-bond acceptors (Lipinski definition) is 1. The Balaban J connectivity index is 1.91. The van der Waals surface area contributed by atoms with Gasteiger partial charge in [0.1, 0.15) is 0 Å². The summed E-state index contributed by atoms with van der Waals surface area (Å²) in [6, 6.07) is 14.2. The smallest absolute Gasteiger partial charge is 0.255 e. The standard InChI is InChI=1S/C17H15Br2NO/c1-20(16-9-6-11-4-2-3-5-13(11)16)17(21)14-10-12(18)7-8-15(14)19/h2-5,7-8,10,16H,6,9H2,1H3. The lowest BCUT2D eigenvalue weighted by Crippen LogP contribution is -2.30. The van der Waals surface area contributed by atoms with Gasteiger partial charge in [0.25, 0.3) is 5.91 Å². The second-order valence-corrected chi connectivity index (χ2v) is 7.06. The molecule has 1 aliphatic carbocycles. The molecule has 1 aliphatic rings. The number of halogens is 2. The van der Waals surface area contributed by atoms with Crippen LogP contribution in [0.2, 0.25) is 0 Å². The minimum Gasteiger partial charge on any atom is -0.335 e. The Kier molecular flexibility index (Phi) is 4.18. The van der Waals surface area contributed by atoms with Crippen molar-refractivity contribution in [3.8, 4) is 0 Å². The van der Waals surface area contributed by atoms with Gasteiger partial charge in [0, 0.05) is 16.0 Å². The molecule has 0 saturated heterocycles. The maximum Gasteiger partial charge on any atom is 0.255 e. The van der Waals surface area contributed by atoms with Crippen LogP contribution in [0, 0.1) is 0 Å². The Labute approximate surface area is 141 Å². The molecular formula is C17H15Br2NO. The maximum absolute atomic E-state index is 12.8. The monoisotopic (exact) mass is 407 g/mol. The zero-order valence-electron chi connectivity index (χ0n) is 11.6. The molecule has 0 radical (unpaired) electrons. The second kappa shape index (κ2) is 5.93. The lowest BCUT2D eigenvalue weighted by Gasteiger charge is -2.26. The summed E-state index contributed by atoms with van der Waals surface area (Å²) in [4.78, 5) is 14.6. The van der Waals surface area contributed by atoms with Crippen LogP contribution in [-0.2, 0) is 6.42 Å². The molecule has 4 heteroatoms. The van der Waals surface area contributed by atoms with Gasteiger partial charge < -0.3 is 4.90 Å². The summed E-state index contributed by atoms with van der Waals surface area (Å²) in [5, 5.41) is 0. The van der Waals surface area contributed by atoms with Crippen molar-refractivity contribution < 1.29 is 4.79 Å². The van der Waals surface area contributed by atoms with Crippen molar-refractivity contribution in [1.29, 1.82) is 0 Å². The van der Waals surface area contributed by atoms with Gasteiger partial charge in [-0.2, -0.15) is 0 Å². The zero-order valence-corrected chi connectivity index (χ0v) is 14.8. The van der Waals surface area contributed by atoms with E-state index in [0.29, 0.717) is 5.56 Å². The van der Waals surface area contributed by atoms with Crippen LogP contribution >= 0.6 is 31.9 Å². The van der Waals surface area contributed by atoms with Crippen LogP contribution in [0.1, 0.15) is 33.9 Å². The van der Waals surface area contributed by atoms with Crippen LogP contribution in [0.5, 0.6) is 0 Å². The Morgan fingerprint density at radius 3 is 2.76 bits per heavy atom. The summed E-state index contributed by atoms with van der Waals surface area (Å²) >= 11 is 6.90. The normalized spacial score (nSPS) is 16.6. The van der Waals surface area contributed by atoms with Crippen LogP contribution in [-0.4, -0.2) is 17.9 Å². The van der Waals surface area contributed by atoms with Crippen LogP contribution < -0.4 is 0 Å². The molecule has 3 rings (SSSR count). The molecule has 0 aliphatic heterocycles. The number of carbonyl (C=O) groups is 1. The molecule has 0 bridgehead atoms. The Bertz CT molecular complexity index is 699. The van der Waals surface area contributed by atoms with Gasteiger partial charge >= 0.3 is 0 Å². The molecule has 0 spiro atoms. The molecule has 0 N–H and O–H groups in total.